The Morgan fingerprint density at radius 1 is 1.00 bits per heavy atom. The molecule has 190 valence electrons. The van der Waals surface area contributed by atoms with Crippen molar-refractivity contribution in [3.05, 3.63) is 88.5 Å². The van der Waals surface area contributed by atoms with Crippen LogP contribution in [-0.4, -0.2) is 26.3 Å². The zero-order valence-corrected chi connectivity index (χ0v) is 21.4. The van der Waals surface area contributed by atoms with Crippen molar-refractivity contribution in [3.8, 4) is 5.75 Å². The van der Waals surface area contributed by atoms with Crippen LogP contribution in [0.25, 0.3) is 0 Å². The number of nitrogens with one attached hydrogen (secondary N) is 1. The Bertz CT molecular complexity index is 1410. The average Bonchev–Trinajstić information content (AvgIpc) is 3.24. The lowest BCUT2D eigenvalue weighted by molar-refractivity contribution is -0.131. The van der Waals surface area contributed by atoms with Crippen LogP contribution in [0.1, 0.15) is 43.0 Å². The van der Waals surface area contributed by atoms with E-state index < -0.39 is 27.3 Å². The number of halogens is 2. The first-order valence-electron chi connectivity index (χ1n) is 11.4. The summed E-state index contributed by atoms with van der Waals surface area (Å²) in [6, 6.07) is 14.0. The summed E-state index contributed by atoms with van der Waals surface area (Å²) >= 11 is 0. The normalized spacial score (nSPS) is 13.4. The maximum Gasteiger partial charge on any atom is 0.262 e. The second-order valence-electron chi connectivity index (χ2n) is 9.87. The predicted octanol–water partition coefficient (Wildman–Crippen LogP) is 5.16. The summed E-state index contributed by atoms with van der Waals surface area (Å²) in [4.78, 5) is 14.5. The van der Waals surface area contributed by atoms with Crippen molar-refractivity contribution in [1.82, 2.24) is 4.90 Å². The van der Waals surface area contributed by atoms with E-state index in [1.807, 2.05) is 24.3 Å². The third-order valence-electron chi connectivity index (χ3n) is 6.21. The summed E-state index contributed by atoms with van der Waals surface area (Å²) in [5.41, 5.74) is 3.18. The van der Waals surface area contributed by atoms with Crippen LogP contribution in [0, 0.1) is 11.6 Å². The Morgan fingerprint density at radius 2 is 1.67 bits per heavy atom. The largest absolute Gasteiger partial charge is 0.494 e. The quantitative estimate of drug-likeness (QED) is 0.493. The smallest absolute Gasteiger partial charge is 0.262 e. The number of methoxy groups -OCH3 is 1. The fourth-order valence-electron chi connectivity index (χ4n) is 4.13. The molecule has 0 unspecified atom stereocenters. The minimum Gasteiger partial charge on any atom is -0.494 e. The fourth-order valence-corrected chi connectivity index (χ4v) is 5.26. The number of carbonyl (C=O) groups is 1. The van der Waals surface area contributed by atoms with Gasteiger partial charge in [-0.3, -0.25) is 9.52 Å². The monoisotopic (exact) mass is 514 g/mol. The van der Waals surface area contributed by atoms with E-state index in [0.29, 0.717) is 18.2 Å². The number of sulfonamides is 1. The van der Waals surface area contributed by atoms with Gasteiger partial charge >= 0.3 is 0 Å². The molecule has 0 atom stereocenters. The van der Waals surface area contributed by atoms with Crippen molar-refractivity contribution < 1.29 is 26.7 Å². The van der Waals surface area contributed by atoms with Gasteiger partial charge in [0.15, 0.2) is 5.82 Å². The minimum absolute atomic E-state index is 0.0274. The Kier molecular flexibility index (Phi) is 6.79. The first-order chi connectivity index (χ1) is 16.9. The van der Waals surface area contributed by atoms with Gasteiger partial charge in [-0.05, 0) is 39.8 Å². The summed E-state index contributed by atoms with van der Waals surface area (Å²) in [6.07, 6.45) is 0.245. The SMILES string of the molecule is COc1cc(F)cc(F)c1NS(=O)(=O)c1ccc2c(c1)CN(C(=O)Cc1ccc(C(C)(C)C)cc1)C2. The number of rotatable bonds is 6. The summed E-state index contributed by atoms with van der Waals surface area (Å²) < 4.78 is 60.7. The molecule has 0 aliphatic carbocycles. The third-order valence-corrected chi connectivity index (χ3v) is 7.56. The van der Waals surface area contributed by atoms with Gasteiger partial charge in [0.05, 0.1) is 18.4 Å². The molecule has 1 N–H and O–H groups in total. The number of hydrogen-bond donors (Lipinski definition) is 1. The molecular weight excluding hydrogens is 486 g/mol. The van der Waals surface area contributed by atoms with Crippen molar-refractivity contribution >= 4 is 21.6 Å². The Balaban J connectivity index is 1.48. The zero-order chi connectivity index (χ0) is 26.3. The Labute approximate surface area is 210 Å². The number of benzene rings is 3. The topological polar surface area (TPSA) is 75.7 Å². The molecule has 3 aromatic rings. The summed E-state index contributed by atoms with van der Waals surface area (Å²) in [6.45, 7) is 7.04. The molecule has 0 saturated carbocycles. The molecule has 6 nitrogen and oxygen atoms in total. The van der Waals surface area contributed by atoms with E-state index in [2.05, 4.69) is 25.5 Å². The molecule has 1 heterocycles. The second kappa shape index (κ2) is 9.54. The number of nitrogens with zero attached hydrogens (tertiary/aromatic N) is 1. The first kappa shape index (κ1) is 25.6. The standard InChI is InChI=1S/C27H28F2N2O4S/c1-27(2,3)20-8-5-17(6-9-20)11-25(32)31-15-18-7-10-22(12-19(18)16-31)36(33,34)30-26-23(29)13-21(28)14-24(26)35-4/h5-10,12-14,30H,11,15-16H2,1-4H3. The number of hydrogen-bond acceptors (Lipinski definition) is 4. The molecule has 4 rings (SSSR count). The van der Waals surface area contributed by atoms with Crippen molar-refractivity contribution in [2.75, 3.05) is 11.8 Å². The van der Waals surface area contributed by atoms with Gasteiger partial charge in [-0.15, -0.1) is 0 Å². The average molecular weight is 515 g/mol. The van der Waals surface area contributed by atoms with Crippen LogP contribution >= 0.6 is 0 Å². The van der Waals surface area contributed by atoms with E-state index in [9.17, 15) is 22.0 Å². The molecule has 0 saturated heterocycles. The highest BCUT2D eigenvalue weighted by atomic mass is 32.2. The first-order valence-corrected chi connectivity index (χ1v) is 12.9. The molecule has 0 aromatic heterocycles. The Morgan fingerprint density at radius 3 is 2.31 bits per heavy atom. The Hall–Kier alpha value is -3.46. The number of anilines is 1. The summed E-state index contributed by atoms with van der Waals surface area (Å²) in [7, 11) is -3.01. The van der Waals surface area contributed by atoms with Gasteiger partial charge in [0.25, 0.3) is 10.0 Å². The van der Waals surface area contributed by atoms with E-state index in [1.165, 1.54) is 24.8 Å². The summed E-state index contributed by atoms with van der Waals surface area (Å²) in [5.74, 6) is -2.32. The van der Waals surface area contributed by atoms with Crippen LogP contribution in [0.15, 0.2) is 59.5 Å². The summed E-state index contributed by atoms with van der Waals surface area (Å²) in [5, 5.41) is 0. The molecular formula is C27H28F2N2O4S. The van der Waals surface area contributed by atoms with E-state index in [0.717, 1.165) is 17.2 Å². The van der Waals surface area contributed by atoms with E-state index >= 15 is 0 Å². The van der Waals surface area contributed by atoms with Crippen molar-refractivity contribution in [1.29, 1.82) is 0 Å². The van der Waals surface area contributed by atoms with Gasteiger partial charge < -0.3 is 9.64 Å². The van der Waals surface area contributed by atoms with E-state index in [1.54, 1.807) is 11.0 Å². The van der Waals surface area contributed by atoms with Crippen LogP contribution < -0.4 is 9.46 Å². The minimum atomic E-state index is -4.20. The van der Waals surface area contributed by atoms with Crippen molar-refractivity contribution in [3.63, 3.8) is 0 Å². The second-order valence-corrected chi connectivity index (χ2v) is 11.6. The zero-order valence-electron chi connectivity index (χ0n) is 20.6. The molecule has 0 fully saturated rings. The fraction of sp³-hybridized carbons (Fsp3) is 0.296. The van der Waals surface area contributed by atoms with Gasteiger partial charge in [-0.2, -0.15) is 0 Å². The third kappa shape index (κ3) is 5.36. The molecule has 1 aliphatic heterocycles. The molecule has 1 amide bonds. The number of ether oxygens (including phenoxy) is 1. The highest BCUT2D eigenvalue weighted by molar-refractivity contribution is 7.92. The lowest BCUT2D eigenvalue weighted by Gasteiger charge is -2.19. The van der Waals surface area contributed by atoms with E-state index in [-0.39, 0.29) is 34.9 Å². The van der Waals surface area contributed by atoms with Gasteiger partial charge in [0.1, 0.15) is 17.3 Å². The van der Waals surface area contributed by atoms with E-state index in [4.69, 9.17) is 4.74 Å². The molecule has 1 aliphatic rings. The number of carbonyl (C=O) groups excluding carboxylic acids is 1. The van der Waals surface area contributed by atoms with Gasteiger partial charge in [-0.1, -0.05) is 51.1 Å². The number of fused-ring (bicyclic) bond motifs is 1. The lowest BCUT2D eigenvalue weighted by Crippen LogP contribution is -2.26. The molecule has 0 radical (unpaired) electrons. The predicted molar refractivity (Wildman–Crippen MR) is 133 cm³/mol. The van der Waals surface area contributed by atoms with Crippen molar-refractivity contribution in [2.45, 2.75) is 50.6 Å². The molecule has 36 heavy (non-hydrogen) atoms. The van der Waals surface area contributed by atoms with Crippen LogP contribution in [0.5, 0.6) is 5.75 Å². The maximum absolute atomic E-state index is 14.3. The van der Waals surface area contributed by atoms with Gasteiger partial charge in [0.2, 0.25) is 5.91 Å². The van der Waals surface area contributed by atoms with Crippen LogP contribution in [0.3, 0.4) is 0 Å². The lowest BCUT2D eigenvalue weighted by atomic mass is 9.86. The molecule has 3 aromatic carbocycles. The maximum atomic E-state index is 14.3. The van der Waals surface area contributed by atoms with Gasteiger partial charge in [-0.25, -0.2) is 17.2 Å². The molecule has 0 bridgehead atoms. The molecule has 9 heteroatoms. The van der Waals surface area contributed by atoms with Crippen LogP contribution in [0.2, 0.25) is 0 Å². The molecule has 0 spiro atoms. The van der Waals surface area contributed by atoms with Gasteiger partial charge in [0, 0.05) is 25.2 Å². The van der Waals surface area contributed by atoms with Crippen molar-refractivity contribution in [2.24, 2.45) is 0 Å². The highest BCUT2D eigenvalue weighted by Gasteiger charge is 2.27. The van der Waals surface area contributed by atoms with Crippen LogP contribution in [-0.2, 0) is 39.7 Å². The number of amides is 1. The van der Waals surface area contributed by atoms with Crippen LogP contribution in [0.4, 0.5) is 14.5 Å². The highest BCUT2D eigenvalue weighted by Crippen LogP contribution is 2.32.